The third-order valence-corrected chi connectivity index (χ3v) is 4.00. The molecular weight excluding hydrogens is 306 g/mol. The topological polar surface area (TPSA) is 38.3 Å². The summed E-state index contributed by atoms with van der Waals surface area (Å²) in [5.74, 6) is 0.0817. The van der Waals surface area contributed by atoms with Crippen LogP contribution < -0.4 is 5.32 Å². The minimum atomic E-state index is -0.447. The van der Waals surface area contributed by atoms with Gasteiger partial charge in [-0.15, -0.1) is 11.8 Å². The van der Waals surface area contributed by atoms with Gasteiger partial charge in [-0.1, -0.05) is 24.6 Å². The molecule has 0 spiro atoms. The van der Waals surface area contributed by atoms with E-state index in [0.29, 0.717) is 12.3 Å². The molecule has 1 aromatic carbocycles. The van der Waals surface area contributed by atoms with Gasteiger partial charge in [0.1, 0.15) is 5.60 Å². The average Bonchev–Trinajstić information content (AvgIpc) is 2.37. The van der Waals surface area contributed by atoms with E-state index in [0.717, 1.165) is 28.4 Å². The first-order valence-corrected chi connectivity index (χ1v) is 8.52. The van der Waals surface area contributed by atoms with Crippen LogP contribution in [0.2, 0.25) is 5.02 Å². The Morgan fingerprint density at radius 1 is 1.38 bits per heavy atom. The molecule has 0 aromatic heterocycles. The first-order chi connectivity index (χ1) is 9.83. The molecule has 21 heavy (non-hydrogen) atoms. The highest BCUT2D eigenvalue weighted by atomic mass is 35.5. The lowest BCUT2D eigenvalue weighted by atomic mass is 10.2. The van der Waals surface area contributed by atoms with E-state index in [9.17, 15) is 4.79 Å². The summed E-state index contributed by atoms with van der Waals surface area (Å²) in [6.07, 6.45) is 1.07. The monoisotopic (exact) mass is 329 g/mol. The molecule has 0 aliphatic heterocycles. The first-order valence-electron chi connectivity index (χ1n) is 7.16. The van der Waals surface area contributed by atoms with Gasteiger partial charge in [-0.05, 0) is 51.4 Å². The van der Waals surface area contributed by atoms with Gasteiger partial charge in [0.2, 0.25) is 0 Å². The molecule has 0 fully saturated rings. The molecule has 118 valence electrons. The number of esters is 1. The van der Waals surface area contributed by atoms with Crippen molar-refractivity contribution in [2.24, 2.45) is 0 Å². The Morgan fingerprint density at radius 3 is 2.71 bits per heavy atom. The van der Waals surface area contributed by atoms with Gasteiger partial charge in [-0.3, -0.25) is 4.79 Å². The van der Waals surface area contributed by atoms with Crippen LogP contribution in [0.15, 0.2) is 23.1 Å². The van der Waals surface area contributed by atoms with E-state index in [-0.39, 0.29) is 5.97 Å². The van der Waals surface area contributed by atoms with Crippen LogP contribution in [0.1, 0.15) is 39.7 Å². The molecular formula is C16H24ClNO2S. The van der Waals surface area contributed by atoms with Gasteiger partial charge < -0.3 is 10.1 Å². The summed E-state index contributed by atoms with van der Waals surface area (Å²) in [6, 6.07) is 5.77. The van der Waals surface area contributed by atoms with Crippen LogP contribution in [0.4, 0.5) is 0 Å². The smallest absolute Gasteiger partial charge is 0.316 e. The predicted octanol–water partition coefficient (Wildman–Crippen LogP) is 4.27. The number of hydrogen-bond acceptors (Lipinski definition) is 4. The molecule has 0 amide bonds. The second-order valence-corrected chi connectivity index (χ2v) is 7.19. The van der Waals surface area contributed by atoms with Crippen LogP contribution in [0.3, 0.4) is 0 Å². The highest BCUT2D eigenvalue weighted by molar-refractivity contribution is 8.00. The number of benzene rings is 1. The fourth-order valence-electron chi connectivity index (χ4n) is 1.74. The van der Waals surface area contributed by atoms with Crippen molar-refractivity contribution in [1.29, 1.82) is 0 Å². The number of halogens is 1. The molecule has 0 saturated heterocycles. The van der Waals surface area contributed by atoms with Crippen molar-refractivity contribution in [3.8, 4) is 0 Å². The lowest BCUT2D eigenvalue weighted by Crippen LogP contribution is -2.25. The van der Waals surface area contributed by atoms with Crippen LogP contribution in [0, 0.1) is 0 Å². The summed E-state index contributed by atoms with van der Waals surface area (Å²) in [5.41, 5.74) is 0.596. The van der Waals surface area contributed by atoms with E-state index in [2.05, 4.69) is 12.2 Å². The van der Waals surface area contributed by atoms with Crippen molar-refractivity contribution < 1.29 is 9.53 Å². The van der Waals surface area contributed by atoms with E-state index in [4.69, 9.17) is 16.3 Å². The first kappa shape index (κ1) is 18.3. The van der Waals surface area contributed by atoms with E-state index in [1.165, 1.54) is 11.8 Å². The molecule has 1 aromatic rings. The number of carbonyl (C=O) groups is 1. The second kappa shape index (κ2) is 8.66. The summed E-state index contributed by atoms with van der Waals surface area (Å²) in [5, 5.41) is 4.07. The summed E-state index contributed by atoms with van der Waals surface area (Å²) in [4.78, 5) is 12.8. The van der Waals surface area contributed by atoms with Crippen LogP contribution in [0.25, 0.3) is 0 Å². The number of nitrogens with one attached hydrogen (secondary N) is 1. The molecule has 1 rings (SSSR count). The van der Waals surface area contributed by atoms with Crippen LogP contribution in [-0.4, -0.2) is 23.9 Å². The second-order valence-electron chi connectivity index (χ2n) is 5.77. The molecule has 0 radical (unpaired) electrons. The standard InChI is InChI=1S/C16H24ClNO2S/c1-5-9-18-10-12-13(17)7-6-8-14(12)21-11-15(19)20-16(2,3)4/h6-8,18H,5,9-11H2,1-4H3. The zero-order valence-electron chi connectivity index (χ0n) is 13.2. The van der Waals surface area contributed by atoms with Crippen molar-refractivity contribution in [2.75, 3.05) is 12.3 Å². The summed E-state index contributed by atoms with van der Waals surface area (Å²) in [7, 11) is 0. The fraction of sp³-hybridized carbons (Fsp3) is 0.562. The highest BCUT2D eigenvalue weighted by Gasteiger charge is 2.17. The predicted molar refractivity (Wildman–Crippen MR) is 90.0 cm³/mol. The van der Waals surface area contributed by atoms with E-state index in [1.54, 1.807) is 0 Å². The quantitative estimate of drug-likeness (QED) is 0.460. The normalized spacial score (nSPS) is 11.5. The minimum Gasteiger partial charge on any atom is -0.459 e. The van der Waals surface area contributed by atoms with Gasteiger partial charge in [0.15, 0.2) is 0 Å². The largest absolute Gasteiger partial charge is 0.459 e. The summed E-state index contributed by atoms with van der Waals surface area (Å²) in [6.45, 7) is 9.39. The molecule has 0 unspecified atom stereocenters. The van der Waals surface area contributed by atoms with E-state index >= 15 is 0 Å². The number of rotatable bonds is 7. The van der Waals surface area contributed by atoms with Crippen LogP contribution in [0.5, 0.6) is 0 Å². The SMILES string of the molecule is CCCNCc1c(Cl)cccc1SCC(=O)OC(C)(C)C. The van der Waals surface area contributed by atoms with Crippen molar-refractivity contribution in [3.63, 3.8) is 0 Å². The van der Waals surface area contributed by atoms with Gasteiger partial charge in [-0.25, -0.2) is 0 Å². The van der Waals surface area contributed by atoms with Crippen molar-refractivity contribution in [1.82, 2.24) is 5.32 Å². The fourth-order valence-corrected chi connectivity index (χ4v) is 2.90. The van der Waals surface area contributed by atoms with Crippen molar-refractivity contribution >= 4 is 29.3 Å². The highest BCUT2D eigenvalue weighted by Crippen LogP contribution is 2.29. The Hall–Kier alpha value is -0.710. The maximum absolute atomic E-state index is 11.8. The Labute approximate surface area is 136 Å². The van der Waals surface area contributed by atoms with Gasteiger partial charge in [0.25, 0.3) is 0 Å². The maximum atomic E-state index is 11.8. The zero-order valence-corrected chi connectivity index (χ0v) is 14.7. The Kier molecular flexibility index (Phi) is 7.57. The zero-order chi connectivity index (χ0) is 15.9. The van der Waals surface area contributed by atoms with Gasteiger partial charge in [-0.2, -0.15) is 0 Å². The number of carbonyl (C=O) groups excluding carboxylic acids is 1. The van der Waals surface area contributed by atoms with Crippen molar-refractivity contribution in [2.45, 2.75) is 51.2 Å². The average molecular weight is 330 g/mol. The molecule has 5 heteroatoms. The molecule has 0 bridgehead atoms. The lowest BCUT2D eigenvalue weighted by molar-refractivity contribution is -0.151. The van der Waals surface area contributed by atoms with Crippen LogP contribution in [-0.2, 0) is 16.1 Å². The third kappa shape index (κ3) is 7.21. The van der Waals surface area contributed by atoms with Gasteiger partial charge >= 0.3 is 5.97 Å². The number of thioether (sulfide) groups is 1. The third-order valence-electron chi connectivity index (χ3n) is 2.57. The van der Waals surface area contributed by atoms with E-state index in [1.807, 2.05) is 39.0 Å². The molecule has 3 nitrogen and oxygen atoms in total. The Bertz CT molecular complexity index is 472. The maximum Gasteiger partial charge on any atom is 0.316 e. The molecule has 0 aliphatic rings. The summed E-state index contributed by atoms with van der Waals surface area (Å²) >= 11 is 7.73. The molecule has 0 heterocycles. The summed E-state index contributed by atoms with van der Waals surface area (Å²) < 4.78 is 5.32. The number of hydrogen-bond donors (Lipinski definition) is 1. The lowest BCUT2D eigenvalue weighted by Gasteiger charge is -2.19. The molecule has 0 atom stereocenters. The Morgan fingerprint density at radius 2 is 2.10 bits per heavy atom. The van der Waals surface area contributed by atoms with E-state index < -0.39 is 5.60 Å². The van der Waals surface area contributed by atoms with Gasteiger partial charge in [0.05, 0.1) is 5.75 Å². The number of ether oxygens (including phenoxy) is 1. The molecule has 0 aliphatic carbocycles. The minimum absolute atomic E-state index is 0.208. The van der Waals surface area contributed by atoms with Gasteiger partial charge in [0, 0.05) is 16.5 Å². The Balaban J connectivity index is 2.65. The molecule has 1 N–H and O–H groups in total. The van der Waals surface area contributed by atoms with Crippen LogP contribution >= 0.6 is 23.4 Å². The van der Waals surface area contributed by atoms with Crippen molar-refractivity contribution in [3.05, 3.63) is 28.8 Å². The molecule has 0 saturated carbocycles.